The average Bonchev–Trinajstić information content (AvgIpc) is 3.36. The predicted octanol–water partition coefficient (Wildman–Crippen LogP) is 5.30. The number of piperidine rings is 1. The van der Waals surface area contributed by atoms with Crippen molar-refractivity contribution < 1.29 is 22.4 Å². The van der Waals surface area contributed by atoms with Crippen LogP contribution in [0.1, 0.15) is 71.1 Å². The van der Waals surface area contributed by atoms with Gasteiger partial charge in [0.05, 0.1) is 4.90 Å². The van der Waals surface area contributed by atoms with Crippen molar-refractivity contribution in [1.82, 2.24) is 14.4 Å². The summed E-state index contributed by atoms with van der Waals surface area (Å²) >= 11 is 0. The van der Waals surface area contributed by atoms with Crippen LogP contribution in [-0.4, -0.2) is 56.5 Å². The standard InChI is InChI=1S/C26H41N3O5S/c1-5-6-7-8-9-10-11-24-27-25(28-34-24)22-12-14-23(15-13-22)35(30,31)29-18-16-21(17-19-29)20(2)26(32-3)33-4/h12-15,20-21,26H,5-11,16-19H2,1-4H3. The van der Waals surface area contributed by atoms with Crippen LogP contribution in [-0.2, 0) is 25.9 Å². The molecule has 9 heteroatoms. The number of hydrogen-bond acceptors (Lipinski definition) is 7. The Hall–Kier alpha value is -1.81. The number of methoxy groups -OCH3 is 2. The van der Waals surface area contributed by atoms with Crippen molar-refractivity contribution in [2.45, 2.75) is 82.8 Å². The zero-order valence-corrected chi connectivity index (χ0v) is 22.4. The van der Waals surface area contributed by atoms with Crippen LogP contribution in [0.3, 0.4) is 0 Å². The summed E-state index contributed by atoms with van der Waals surface area (Å²) < 4.78 is 44.2. The smallest absolute Gasteiger partial charge is 0.243 e. The van der Waals surface area contributed by atoms with Crippen LogP contribution in [0.15, 0.2) is 33.7 Å². The third-order valence-electron chi connectivity index (χ3n) is 7.10. The normalized spacial score (nSPS) is 16.7. The Kier molecular flexibility index (Phi) is 10.7. The van der Waals surface area contributed by atoms with E-state index in [9.17, 15) is 8.42 Å². The molecule has 1 aromatic heterocycles. The van der Waals surface area contributed by atoms with E-state index in [0.717, 1.165) is 31.2 Å². The van der Waals surface area contributed by atoms with Gasteiger partial charge in [0.25, 0.3) is 0 Å². The van der Waals surface area contributed by atoms with Gasteiger partial charge in [-0.2, -0.15) is 9.29 Å². The summed E-state index contributed by atoms with van der Waals surface area (Å²) in [6.45, 7) is 5.30. The second kappa shape index (κ2) is 13.5. The summed E-state index contributed by atoms with van der Waals surface area (Å²) in [7, 11) is -0.276. The highest BCUT2D eigenvalue weighted by Crippen LogP contribution is 2.31. The Labute approximate surface area is 210 Å². The van der Waals surface area contributed by atoms with Gasteiger partial charge in [-0.15, -0.1) is 0 Å². The summed E-state index contributed by atoms with van der Waals surface area (Å²) in [5.41, 5.74) is 0.750. The summed E-state index contributed by atoms with van der Waals surface area (Å²) in [6, 6.07) is 6.77. The molecule has 35 heavy (non-hydrogen) atoms. The molecule has 196 valence electrons. The molecule has 0 amide bonds. The van der Waals surface area contributed by atoms with E-state index in [1.165, 1.54) is 32.1 Å². The first kappa shape index (κ1) is 27.8. The monoisotopic (exact) mass is 507 g/mol. The zero-order valence-electron chi connectivity index (χ0n) is 21.6. The van der Waals surface area contributed by atoms with Gasteiger partial charge in [-0.1, -0.05) is 51.1 Å². The maximum Gasteiger partial charge on any atom is 0.243 e. The predicted molar refractivity (Wildman–Crippen MR) is 135 cm³/mol. The Morgan fingerprint density at radius 3 is 2.29 bits per heavy atom. The molecular formula is C26H41N3O5S. The van der Waals surface area contributed by atoms with Crippen LogP contribution in [0.4, 0.5) is 0 Å². The van der Waals surface area contributed by atoms with E-state index in [0.29, 0.717) is 30.7 Å². The topological polar surface area (TPSA) is 94.8 Å². The van der Waals surface area contributed by atoms with Gasteiger partial charge in [0.15, 0.2) is 6.29 Å². The lowest BCUT2D eigenvalue weighted by Gasteiger charge is -2.36. The van der Waals surface area contributed by atoms with Crippen molar-refractivity contribution in [2.24, 2.45) is 11.8 Å². The largest absolute Gasteiger partial charge is 0.356 e. The van der Waals surface area contributed by atoms with Gasteiger partial charge in [-0.3, -0.25) is 0 Å². The van der Waals surface area contributed by atoms with Gasteiger partial charge in [0.1, 0.15) is 0 Å². The number of benzene rings is 1. The summed E-state index contributed by atoms with van der Waals surface area (Å²) in [4.78, 5) is 4.78. The molecule has 1 unspecified atom stereocenters. The molecule has 0 saturated carbocycles. The molecule has 1 fully saturated rings. The van der Waals surface area contributed by atoms with Gasteiger partial charge < -0.3 is 14.0 Å². The van der Waals surface area contributed by atoms with Crippen molar-refractivity contribution in [2.75, 3.05) is 27.3 Å². The first-order valence-electron chi connectivity index (χ1n) is 12.9. The number of aromatic nitrogens is 2. The van der Waals surface area contributed by atoms with Crippen LogP contribution in [0.2, 0.25) is 0 Å². The molecule has 3 rings (SSSR count). The lowest BCUT2D eigenvalue weighted by molar-refractivity contribution is -0.147. The molecule has 0 N–H and O–H groups in total. The van der Waals surface area contributed by atoms with E-state index in [1.54, 1.807) is 42.8 Å². The van der Waals surface area contributed by atoms with Crippen LogP contribution in [0, 0.1) is 11.8 Å². The molecule has 0 bridgehead atoms. The van der Waals surface area contributed by atoms with E-state index >= 15 is 0 Å². The number of nitrogens with zero attached hydrogens (tertiary/aromatic N) is 3. The minimum absolute atomic E-state index is 0.204. The minimum Gasteiger partial charge on any atom is -0.356 e. The van der Waals surface area contributed by atoms with E-state index < -0.39 is 10.0 Å². The van der Waals surface area contributed by atoms with Crippen LogP contribution >= 0.6 is 0 Å². The third-order valence-corrected chi connectivity index (χ3v) is 9.01. The molecule has 1 aromatic carbocycles. The molecule has 1 saturated heterocycles. The third kappa shape index (κ3) is 7.35. The van der Waals surface area contributed by atoms with Crippen molar-refractivity contribution in [1.29, 1.82) is 0 Å². The molecule has 0 spiro atoms. The fraction of sp³-hybridized carbons (Fsp3) is 0.692. The van der Waals surface area contributed by atoms with Gasteiger partial charge in [0.2, 0.25) is 21.7 Å². The lowest BCUT2D eigenvalue weighted by atomic mass is 9.85. The number of hydrogen-bond donors (Lipinski definition) is 0. The molecule has 8 nitrogen and oxygen atoms in total. The Morgan fingerprint density at radius 2 is 1.66 bits per heavy atom. The highest BCUT2D eigenvalue weighted by atomic mass is 32.2. The Balaban J connectivity index is 1.54. The average molecular weight is 508 g/mol. The minimum atomic E-state index is -3.55. The maximum absolute atomic E-state index is 13.2. The number of ether oxygens (including phenoxy) is 2. The van der Waals surface area contributed by atoms with Gasteiger partial charge in [0, 0.05) is 45.2 Å². The zero-order chi connectivity index (χ0) is 25.3. The molecule has 2 aromatic rings. The van der Waals surface area contributed by atoms with Crippen LogP contribution in [0.25, 0.3) is 11.4 Å². The fourth-order valence-electron chi connectivity index (χ4n) is 4.84. The fourth-order valence-corrected chi connectivity index (χ4v) is 6.31. The quantitative estimate of drug-likeness (QED) is 0.253. The number of rotatable bonds is 14. The van der Waals surface area contributed by atoms with Gasteiger partial charge in [-0.25, -0.2) is 8.42 Å². The molecular weight excluding hydrogens is 466 g/mol. The van der Waals surface area contributed by atoms with Gasteiger partial charge >= 0.3 is 0 Å². The highest BCUT2D eigenvalue weighted by molar-refractivity contribution is 7.89. The summed E-state index contributed by atoms with van der Waals surface area (Å²) in [6.07, 6.45) is 9.32. The van der Waals surface area contributed by atoms with Gasteiger partial charge in [-0.05, 0) is 49.4 Å². The molecule has 1 atom stereocenters. The molecule has 1 aliphatic heterocycles. The van der Waals surface area contributed by atoms with E-state index in [4.69, 9.17) is 14.0 Å². The maximum atomic E-state index is 13.2. The van der Waals surface area contributed by atoms with E-state index in [1.807, 2.05) is 0 Å². The number of aryl methyl sites for hydroxylation is 1. The Morgan fingerprint density at radius 1 is 1.03 bits per heavy atom. The van der Waals surface area contributed by atoms with Crippen molar-refractivity contribution in [3.05, 3.63) is 30.2 Å². The SMILES string of the molecule is CCCCCCCCc1nc(-c2ccc(S(=O)(=O)N3CCC(C(C)C(OC)OC)CC3)cc2)no1. The first-order valence-corrected chi connectivity index (χ1v) is 14.3. The number of unbranched alkanes of at least 4 members (excludes halogenated alkanes) is 5. The van der Waals surface area contributed by atoms with E-state index in [-0.39, 0.29) is 17.1 Å². The second-order valence-corrected chi connectivity index (χ2v) is 11.4. The Bertz CT molecular complexity index is 981. The lowest BCUT2D eigenvalue weighted by Crippen LogP contribution is -2.41. The van der Waals surface area contributed by atoms with Crippen molar-refractivity contribution in [3.8, 4) is 11.4 Å². The molecule has 0 aliphatic carbocycles. The summed E-state index contributed by atoms with van der Waals surface area (Å²) in [5.74, 6) is 1.69. The van der Waals surface area contributed by atoms with Crippen LogP contribution in [0.5, 0.6) is 0 Å². The molecule has 1 aliphatic rings. The summed E-state index contributed by atoms with van der Waals surface area (Å²) in [5, 5.41) is 4.08. The second-order valence-electron chi connectivity index (χ2n) is 9.49. The van der Waals surface area contributed by atoms with Crippen molar-refractivity contribution in [3.63, 3.8) is 0 Å². The highest BCUT2D eigenvalue weighted by Gasteiger charge is 2.34. The van der Waals surface area contributed by atoms with E-state index in [2.05, 4.69) is 24.0 Å². The molecule has 0 radical (unpaired) electrons. The van der Waals surface area contributed by atoms with Crippen molar-refractivity contribution >= 4 is 10.0 Å². The number of sulfonamides is 1. The molecule has 2 heterocycles. The first-order chi connectivity index (χ1) is 16.9. The van der Waals surface area contributed by atoms with Crippen LogP contribution < -0.4 is 0 Å².